The zero-order chi connectivity index (χ0) is 15.3. The van der Waals surface area contributed by atoms with Gasteiger partial charge in [0.25, 0.3) is 0 Å². The third-order valence-corrected chi connectivity index (χ3v) is 3.00. The Morgan fingerprint density at radius 1 is 1.29 bits per heavy atom. The SMILES string of the molecule is C=CCOC(/C=C\OC(=O)c1ccccc1)CCCCC. The normalized spacial score (nSPS) is 12.2. The number of ether oxygens (including phenoxy) is 2. The van der Waals surface area contributed by atoms with Crippen LogP contribution in [0, 0.1) is 0 Å². The number of carbonyl (C=O) groups excluding carboxylic acids is 1. The van der Waals surface area contributed by atoms with Crippen molar-refractivity contribution in [3.05, 3.63) is 60.9 Å². The van der Waals surface area contributed by atoms with Crippen LogP contribution in [0.15, 0.2) is 55.3 Å². The summed E-state index contributed by atoms with van der Waals surface area (Å²) in [5.41, 5.74) is 0.539. The molecule has 1 aromatic rings. The molecule has 21 heavy (non-hydrogen) atoms. The van der Waals surface area contributed by atoms with Crippen LogP contribution in [0.3, 0.4) is 0 Å². The summed E-state index contributed by atoms with van der Waals surface area (Å²) in [6.45, 7) is 6.30. The Bertz CT molecular complexity index is 437. The van der Waals surface area contributed by atoms with Gasteiger partial charge >= 0.3 is 5.97 Å². The lowest BCUT2D eigenvalue weighted by Gasteiger charge is -2.12. The summed E-state index contributed by atoms with van der Waals surface area (Å²) < 4.78 is 10.7. The van der Waals surface area contributed by atoms with Crippen LogP contribution in [0.5, 0.6) is 0 Å². The Kier molecular flexibility index (Phi) is 8.89. The minimum Gasteiger partial charge on any atom is -0.431 e. The Morgan fingerprint density at radius 2 is 2.05 bits per heavy atom. The van der Waals surface area contributed by atoms with Crippen molar-refractivity contribution >= 4 is 5.97 Å². The first kappa shape index (κ1) is 17.2. The Labute approximate surface area is 127 Å². The highest BCUT2D eigenvalue weighted by Gasteiger charge is 2.06. The van der Waals surface area contributed by atoms with Gasteiger partial charge in [-0.05, 0) is 24.6 Å². The van der Waals surface area contributed by atoms with Crippen LogP contribution < -0.4 is 0 Å². The van der Waals surface area contributed by atoms with Crippen molar-refractivity contribution < 1.29 is 14.3 Å². The molecule has 0 radical (unpaired) electrons. The molecule has 3 nitrogen and oxygen atoms in total. The molecule has 0 spiro atoms. The van der Waals surface area contributed by atoms with Crippen LogP contribution in [-0.2, 0) is 9.47 Å². The zero-order valence-corrected chi connectivity index (χ0v) is 12.7. The maximum Gasteiger partial charge on any atom is 0.342 e. The van der Waals surface area contributed by atoms with Gasteiger partial charge in [-0.2, -0.15) is 0 Å². The van der Waals surface area contributed by atoms with Gasteiger partial charge < -0.3 is 9.47 Å². The van der Waals surface area contributed by atoms with Gasteiger partial charge in [0.05, 0.1) is 24.5 Å². The van der Waals surface area contributed by atoms with Crippen LogP contribution in [0.4, 0.5) is 0 Å². The fraction of sp³-hybridized carbons (Fsp3) is 0.389. The van der Waals surface area contributed by atoms with E-state index in [2.05, 4.69) is 13.5 Å². The molecule has 1 unspecified atom stereocenters. The van der Waals surface area contributed by atoms with E-state index in [9.17, 15) is 4.79 Å². The van der Waals surface area contributed by atoms with E-state index in [0.717, 1.165) is 12.8 Å². The molecule has 0 N–H and O–H groups in total. The number of benzene rings is 1. The minimum absolute atomic E-state index is 0.0434. The molecule has 0 bridgehead atoms. The molecule has 1 aromatic carbocycles. The second-order valence-electron chi connectivity index (χ2n) is 4.76. The van der Waals surface area contributed by atoms with Crippen molar-refractivity contribution in [2.45, 2.75) is 38.7 Å². The molecule has 0 heterocycles. The van der Waals surface area contributed by atoms with Crippen molar-refractivity contribution in [1.82, 2.24) is 0 Å². The van der Waals surface area contributed by atoms with Gasteiger partial charge in [-0.25, -0.2) is 4.79 Å². The van der Waals surface area contributed by atoms with Crippen LogP contribution >= 0.6 is 0 Å². The van der Waals surface area contributed by atoms with E-state index in [4.69, 9.17) is 9.47 Å². The standard InChI is InChI=1S/C18H24O3/c1-3-5-7-12-17(20-14-4-2)13-15-21-18(19)16-10-8-6-9-11-16/h4,6,8-11,13,15,17H,2-3,5,7,12,14H2,1H3/b15-13-. The fourth-order valence-corrected chi connectivity index (χ4v) is 1.85. The molecular formula is C18H24O3. The molecule has 0 aromatic heterocycles. The smallest absolute Gasteiger partial charge is 0.342 e. The van der Waals surface area contributed by atoms with Crippen molar-refractivity contribution in [1.29, 1.82) is 0 Å². The molecule has 0 aliphatic rings. The number of hydrogen-bond donors (Lipinski definition) is 0. The van der Waals surface area contributed by atoms with E-state index in [1.807, 2.05) is 6.07 Å². The lowest BCUT2D eigenvalue weighted by Crippen LogP contribution is -2.10. The first-order chi connectivity index (χ1) is 10.3. The predicted molar refractivity (Wildman–Crippen MR) is 85.1 cm³/mol. The third kappa shape index (κ3) is 7.47. The van der Waals surface area contributed by atoms with Crippen molar-refractivity contribution in [2.24, 2.45) is 0 Å². The number of hydrogen-bond acceptors (Lipinski definition) is 3. The summed E-state index contributed by atoms with van der Waals surface area (Å²) in [5.74, 6) is -0.358. The van der Waals surface area contributed by atoms with Crippen LogP contribution in [0.2, 0.25) is 0 Å². The number of rotatable bonds is 10. The molecule has 0 saturated carbocycles. The van der Waals surface area contributed by atoms with Gasteiger partial charge in [-0.15, -0.1) is 6.58 Å². The molecule has 114 valence electrons. The molecular weight excluding hydrogens is 264 g/mol. The summed E-state index contributed by atoms with van der Waals surface area (Å²) in [5, 5.41) is 0. The highest BCUT2D eigenvalue weighted by Crippen LogP contribution is 2.09. The summed E-state index contributed by atoms with van der Waals surface area (Å²) in [6.07, 6.45) is 9.24. The second kappa shape index (κ2) is 10.9. The molecule has 0 fully saturated rings. The largest absolute Gasteiger partial charge is 0.431 e. The zero-order valence-electron chi connectivity index (χ0n) is 12.7. The molecule has 0 aliphatic carbocycles. The first-order valence-electron chi connectivity index (χ1n) is 7.43. The molecule has 0 amide bonds. The molecule has 0 saturated heterocycles. The van der Waals surface area contributed by atoms with Crippen LogP contribution in [0.1, 0.15) is 43.0 Å². The lowest BCUT2D eigenvalue weighted by molar-refractivity contribution is 0.0648. The Morgan fingerprint density at radius 3 is 2.71 bits per heavy atom. The lowest BCUT2D eigenvalue weighted by atomic mass is 10.1. The van der Waals surface area contributed by atoms with E-state index in [1.165, 1.54) is 19.1 Å². The van der Waals surface area contributed by atoms with Gasteiger partial charge in [0.2, 0.25) is 0 Å². The van der Waals surface area contributed by atoms with Crippen LogP contribution in [0.25, 0.3) is 0 Å². The summed E-state index contributed by atoms with van der Waals surface area (Å²) in [6, 6.07) is 8.92. The molecule has 1 atom stereocenters. The molecule has 1 rings (SSSR count). The van der Waals surface area contributed by atoms with Gasteiger partial charge in [-0.1, -0.05) is 50.5 Å². The van der Waals surface area contributed by atoms with Crippen molar-refractivity contribution in [2.75, 3.05) is 6.61 Å². The summed E-state index contributed by atoms with van der Waals surface area (Å²) >= 11 is 0. The van der Waals surface area contributed by atoms with Gasteiger partial charge in [0.1, 0.15) is 0 Å². The van der Waals surface area contributed by atoms with Gasteiger partial charge in [0.15, 0.2) is 0 Å². The average molecular weight is 288 g/mol. The minimum atomic E-state index is -0.358. The quantitative estimate of drug-likeness (QED) is 0.275. The average Bonchev–Trinajstić information content (AvgIpc) is 2.53. The first-order valence-corrected chi connectivity index (χ1v) is 7.43. The number of carbonyl (C=O) groups is 1. The Balaban J connectivity index is 2.44. The topological polar surface area (TPSA) is 35.5 Å². The fourth-order valence-electron chi connectivity index (χ4n) is 1.85. The van der Waals surface area contributed by atoms with Crippen LogP contribution in [-0.4, -0.2) is 18.7 Å². The van der Waals surface area contributed by atoms with E-state index < -0.39 is 0 Å². The Hall–Kier alpha value is -1.87. The van der Waals surface area contributed by atoms with Crippen molar-refractivity contribution in [3.63, 3.8) is 0 Å². The highest BCUT2D eigenvalue weighted by molar-refractivity contribution is 5.89. The second-order valence-corrected chi connectivity index (χ2v) is 4.76. The van der Waals surface area contributed by atoms with E-state index in [-0.39, 0.29) is 12.1 Å². The highest BCUT2D eigenvalue weighted by atomic mass is 16.5. The number of unbranched alkanes of at least 4 members (excludes halogenated alkanes) is 2. The summed E-state index contributed by atoms with van der Waals surface area (Å²) in [4.78, 5) is 11.8. The molecule has 0 aliphatic heterocycles. The molecule has 3 heteroatoms. The number of esters is 1. The third-order valence-electron chi connectivity index (χ3n) is 3.00. The maximum absolute atomic E-state index is 11.8. The van der Waals surface area contributed by atoms with Gasteiger partial charge in [0, 0.05) is 0 Å². The van der Waals surface area contributed by atoms with Gasteiger partial charge in [-0.3, -0.25) is 0 Å². The predicted octanol–water partition coefficient (Wildman–Crippen LogP) is 4.51. The van der Waals surface area contributed by atoms with E-state index >= 15 is 0 Å². The monoisotopic (exact) mass is 288 g/mol. The summed E-state index contributed by atoms with van der Waals surface area (Å²) in [7, 11) is 0. The van der Waals surface area contributed by atoms with E-state index in [0.29, 0.717) is 12.2 Å². The van der Waals surface area contributed by atoms with E-state index in [1.54, 1.807) is 36.4 Å². The maximum atomic E-state index is 11.8. The van der Waals surface area contributed by atoms with Crippen molar-refractivity contribution in [3.8, 4) is 0 Å².